The average molecular weight is 125 g/mol. The summed E-state index contributed by atoms with van der Waals surface area (Å²) >= 11 is 0. The summed E-state index contributed by atoms with van der Waals surface area (Å²) in [6.45, 7) is 3.69. The second-order valence-corrected chi connectivity index (χ2v) is 3.98. The van der Waals surface area contributed by atoms with E-state index in [2.05, 4.69) is 12.2 Å². The molecule has 1 N–H and O–H groups in total. The van der Waals surface area contributed by atoms with E-state index in [0.717, 1.165) is 6.04 Å². The molecular formula is C8H15N. The normalized spacial score (nSPS) is 49.7. The summed E-state index contributed by atoms with van der Waals surface area (Å²) in [5.41, 5.74) is 0.683. The molecule has 2 rings (SSSR count). The van der Waals surface area contributed by atoms with Gasteiger partial charge in [0.15, 0.2) is 0 Å². The highest BCUT2D eigenvalue weighted by molar-refractivity contribution is 4.94. The fraction of sp³-hybridized carbons (Fsp3) is 1.00. The van der Waals surface area contributed by atoms with Crippen LogP contribution < -0.4 is 5.32 Å². The van der Waals surface area contributed by atoms with E-state index in [1.165, 1.54) is 32.2 Å². The number of nitrogens with one attached hydrogen (secondary N) is 1. The van der Waals surface area contributed by atoms with E-state index in [4.69, 9.17) is 0 Å². The lowest BCUT2D eigenvalue weighted by Gasteiger charge is -2.26. The lowest BCUT2D eigenvalue weighted by molar-refractivity contribution is 0.276. The largest absolute Gasteiger partial charge is 0.313 e. The smallest absolute Gasteiger partial charge is 0.00729 e. The Labute approximate surface area is 56.8 Å². The molecule has 2 bridgehead atoms. The van der Waals surface area contributed by atoms with Crippen molar-refractivity contribution in [3.63, 3.8) is 0 Å². The van der Waals surface area contributed by atoms with Gasteiger partial charge in [0, 0.05) is 12.6 Å². The summed E-state index contributed by atoms with van der Waals surface area (Å²) in [5.74, 6) is 0. The van der Waals surface area contributed by atoms with E-state index < -0.39 is 0 Å². The standard InChI is InChI=1S/C8H15N/c1-8-4-2-3-7(5-8)9-6-8/h7,9H,2-6H2,1H3. The molecule has 1 nitrogen and oxygen atoms in total. The van der Waals surface area contributed by atoms with Crippen LogP contribution in [0.4, 0.5) is 0 Å². The van der Waals surface area contributed by atoms with Crippen LogP contribution in [0.3, 0.4) is 0 Å². The summed E-state index contributed by atoms with van der Waals surface area (Å²) in [4.78, 5) is 0. The molecule has 1 aliphatic carbocycles. The zero-order valence-electron chi connectivity index (χ0n) is 6.11. The minimum absolute atomic E-state index is 0.683. The van der Waals surface area contributed by atoms with E-state index in [9.17, 15) is 0 Å². The van der Waals surface area contributed by atoms with Crippen LogP contribution >= 0.6 is 0 Å². The maximum Gasteiger partial charge on any atom is 0.00729 e. The van der Waals surface area contributed by atoms with Gasteiger partial charge in [-0.1, -0.05) is 13.3 Å². The summed E-state index contributed by atoms with van der Waals surface area (Å²) < 4.78 is 0. The zero-order chi connectivity index (χ0) is 6.32. The summed E-state index contributed by atoms with van der Waals surface area (Å²) in [7, 11) is 0. The van der Waals surface area contributed by atoms with Crippen molar-refractivity contribution in [3.05, 3.63) is 0 Å². The van der Waals surface area contributed by atoms with Crippen LogP contribution in [0.5, 0.6) is 0 Å². The van der Waals surface area contributed by atoms with Crippen molar-refractivity contribution in [2.45, 2.75) is 38.6 Å². The summed E-state index contributed by atoms with van der Waals surface area (Å²) in [6.07, 6.45) is 5.77. The van der Waals surface area contributed by atoms with Crippen LogP contribution in [0.25, 0.3) is 0 Å². The first kappa shape index (κ1) is 5.72. The Morgan fingerprint density at radius 2 is 2.44 bits per heavy atom. The molecule has 0 aromatic carbocycles. The second kappa shape index (κ2) is 1.72. The van der Waals surface area contributed by atoms with Crippen molar-refractivity contribution in [1.29, 1.82) is 0 Å². The first-order valence-electron chi connectivity index (χ1n) is 4.02. The van der Waals surface area contributed by atoms with E-state index >= 15 is 0 Å². The van der Waals surface area contributed by atoms with Gasteiger partial charge in [0.05, 0.1) is 0 Å². The van der Waals surface area contributed by atoms with E-state index in [1.54, 1.807) is 0 Å². The van der Waals surface area contributed by atoms with Crippen LogP contribution in [0.2, 0.25) is 0 Å². The third-order valence-corrected chi connectivity index (χ3v) is 2.89. The van der Waals surface area contributed by atoms with Gasteiger partial charge in [0.25, 0.3) is 0 Å². The van der Waals surface area contributed by atoms with Gasteiger partial charge in [-0.2, -0.15) is 0 Å². The molecule has 0 radical (unpaired) electrons. The molecule has 1 heteroatoms. The van der Waals surface area contributed by atoms with Crippen molar-refractivity contribution >= 4 is 0 Å². The van der Waals surface area contributed by atoms with Gasteiger partial charge in [0.1, 0.15) is 0 Å². The van der Waals surface area contributed by atoms with E-state index in [-0.39, 0.29) is 0 Å². The maximum absolute atomic E-state index is 3.56. The van der Waals surface area contributed by atoms with Crippen LogP contribution in [0.1, 0.15) is 32.6 Å². The average Bonchev–Trinajstić information content (AvgIpc) is 2.07. The third kappa shape index (κ3) is 0.877. The third-order valence-electron chi connectivity index (χ3n) is 2.89. The monoisotopic (exact) mass is 125 g/mol. The minimum Gasteiger partial charge on any atom is -0.313 e. The Hall–Kier alpha value is -0.0400. The molecule has 0 aromatic heterocycles. The van der Waals surface area contributed by atoms with Gasteiger partial charge >= 0.3 is 0 Å². The predicted molar refractivity (Wildman–Crippen MR) is 38.4 cm³/mol. The van der Waals surface area contributed by atoms with E-state index in [1.807, 2.05) is 0 Å². The SMILES string of the molecule is CC12CCCC(C1)NC2. The molecule has 2 atom stereocenters. The molecule has 0 amide bonds. The molecule has 1 heterocycles. The molecular weight excluding hydrogens is 110 g/mol. The maximum atomic E-state index is 3.56. The molecule has 52 valence electrons. The molecule has 2 fully saturated rings. The highest BCUT2D eigenvalue weighted by Gasteiger charge is 2.37. The fourth-order valence-electron chi connectivity index (χ4n) is 2.30. The van der Waals surface area contributed by atoms with Gasteiger partial charge in [-0.05, 0) is 24.7 Å². The van der Waals surface area contributed by atoms with Gasteiger partial charge in [-0.15, -0.1) is 0 Å². The van der Waals surface area contributed by atoms with Gasteiger partial charge < -0.3 is 5.32 Å². The van der Waals surface area contributed by atoms with Gasteiger partial charge in [-0.25, -0.2) is 0 Å². The van der Waals surface area contributed by atoms with Crippen LogP contribution in [0.15, 0.2) is 0 Å². The molecule has 9 heavy (non-hydrogen) atoms. The Kier molecular flexibility index (Phi) is 1.10. The van der Waals surface area contributed by atoms with Gasteiger partial charge in [0.2, 0.25) is 0 Å². The topological polar surface area (TPSA) is 12.0 Å². The Morgan fingerprint density at radius 3 is 3.11 bits per heavy atom. The van der Waals surface area contributed by atoms with Crippen molar-refractivity contribution in [2.75, 3.05) is 6.54 Å². The summed E-state index contributed by atoms with van der Waals surface area (Å²) in [5, 5.41) is 3.56. The molecule has 1 saturated heterocycles. The minimum atomic E-state index is 0.683. The highest BCUT2D eigenvalue weighted by atomic mass is 15.0. The number of fused-ring (bicyclic) bond motifs is 2. The fourth-order valence-corrected chi connectivity index (χ4v) is 2.30. The molecule has 0 aromatic rings. The van der Waals surface area contributed by atoms with Crippen molar-refractivity contribution in [2.24, 2.45) is 5.41 Å². The Bertz CT molecular complexity index is 118. The number of hydrogen-bond donors (Lipinski definition) is 1. The first-order valence-corrected chi connectivity index (χ1v) is 4.02. The molecule has 0 spiro atoms. The lowest BCUT2D eigenvalue weighted by Crippen LogP contribution is -2.21. The Morgan fingerprint density at radius 1 is 1.56 bits per heavy atom. The molecule has 1 aliphatic heterocycles. The zero-order valence-corrected chi connectivity index (χ0v) is 6.11. The van der Waals surface area contributed by atoms with Crippen molar-refractivity contribution in [1.82, 2.24) is 5.32 Å². The van der Waals surface area contributed by atoms with Crippen LogP contribution in [0, 0.1) is 5.41 Å². The van der Waals surface area contributed by atoms with Gasteiger partial charge in [-0.3, -0.25) is 0 Å². The molecule has 1 saturated carbocycles. The second-order valence-electron chi connectivity index (χ2n) is 3.98. The van der Waals surface area contributed by atoms with Crippen molar-refractivity contribution < 1.29 is 0 Å². The first-order chi connectivity index (χ1) is 4.29. The number of rotatable bonds is 0. The molecule has 2 aliphatic rings. The predicted octanol–water partition coefficient (Wildman–Crippen LogP) is 1.54. The van der Waals surface area contributed by atoms with Crippen molar-refractivity contribution in [3.8, 4) is 0 Å². The highest BCUT2D eigenvalue weighted by Crippen LogP contribution is 2.39. The quantitative estimate of drug-likeness (QED) is 0.518. The Balaban J connectivity index is 2.13. The molecule has 2 unspecified atom stereocenters. The lowest BCUT2D eigenvalue weighted by atomic mass is 9.78. The van der Waals surface area contributed by atoms with E-state index in [0.29, 0.717) is 5.41 Å². The number of hydrogen-bond acceptors (Lipinski definition) is 1. The van der Waals surface area contributed by atoms with Crippen LogP contribution in [-0.4, -0.2) is 12.6 Å². The van der Waals surface area contributed by atoms with Crippen LogP contribution in [-0.2, 0) is 0 Å². The summed E-state index contributed by atoms with van der Waals surface area (Å²) in [6, 6.07) is 0.878.